The number of rotatable bonds is 6. The molecule has 7 nitrogen and oxygen atoms in total. The standard InChI is InChI=1S/C16H23N5O2/c1-13-4-6-16(7-5-13)14(22)21(15(23)19-16)12-20(10-2-8-17)11-3-9-18/h13H,2-7,10-12H2,1H3,(H,19,23). The molecule has 1 saturated heterocycles. The molecule has 2 aliphatic rings. The minimum Gasteiger partial charge on any atom is -0.323 e. The molecule has 1 heterocycles. The quantitative estimate of drug-likeness (QED) is 0.749. The molecule has 0 radical (unpaired) electrons. The molecular formula is C16H23N5O2. The molecule has 1 saturated carbocycles. The van der Waals surface area contributed by atoms with Crippen LogP contribution < -0.4 is 5.32 Å². The normalized spacial score (nSPS) is 27.1. The van der Waals surface area contributed by atoms with Crippen molar-refractivity contribution in [2.75, 3.05) is 19.8 Å². The molecule has 2 fully saturated rings. The summed E-state index contributed by atoms with van der Waals surface area (Å²) in [6.45, 7) is 3.20. The van der Waals surface area contributed by atoms with Gasteiger partial charge >= 0.3 is 6.03 Å². The molecule has 7 heteroatoms. The molecule has 0 aromatic carbocycles. The van der Waals surface area contributed by atoms with E-state index < -0.39 is 5.54 Å². The zero-order valence-electron chi connectivity index (χ0n) is 13.5. The average molecular weight is 317 g/mol. The fourth-order valence-corrected chi connectivity index (χ4v) is 3.27. The van der Waals surface area contributed by atoms with Crippen LogP contribution in [0.1, 0.15) is 45.4 Å². The van der Waals surface area contributed by atoms with E-state index in [9.17, 15) is 9.59 Å². The van der Waals surface area contributed by atoms with Crippen molar-refractivity contribution in [3.05, 3.63) is 0 Å². The maximum absolute atomic E-state index is 12.8. The molecule has 1 aliphatic heterocycles. The van der Waals surface area contributed by atoms with Crippen LogP contribution in [-0.4, -0.2) is 47.0 Å². The minimum atomic E-state index is -0.736. The highest BCUT2D eigenvalue weighted by Gasteiger charge is 2.52. The molecule has 1 spiro atoms. The topological polar surface area (TPSA) is 100 Å². The van der Waals surface area contributed by atoms with Crippen LogP contribution >= 0.6 is 0 Å². The number of imide groups is 1. The second kappa shape index (κ2) is 7.43. The van der Waals surface area contributed by atoms with Crippen LogP contribution in [0.5, 0.6) is 0 Å². The number of carbonyl (C=O) groups is 2. The lowest BCUT2D eigenvalue weighted by Crippen LogP contribution is -2.50. The van der Waals surface area contributed by atoms with Gasteiger partial charge in [-0.05, 0) is 31.6 Å². The van der Waals surface area contributed by atoms with E-state index >= 15 is 0 Å². The van der Waals surface area contributed by atoms with Crippen molar-refractivity contribution in [1.29, 1.82) is 10.5 Å². The third kappa shape index (κ3) is 3.80. The average Bonchev–Trinajstić information content (AvgIpc) is 2.77. The summed E-state index contributed by atoms with van der Waals surface area (Å²) in [4.78, 5) is 28.1. The first-order valence-electron chi connectivity index (χ1n) is 8.13. The van der Waals surface area contributed by atoms with Crippen molar-refractivity contribution in [2.45, 2.75) is 51.0 Å². The lowest BCUT2D eigenvalue weighted by atomic mass is 9.77. The Kier molecular flexibility index (Phi) is 5.57. The molecule has 23 heavy (non-hydrogen) atoms. The second-order valence-electron chi connectivity index (χ2n) is 6.50. The summed E-state index contributed by atoms with van der Waals surface area (Å²) in [7, 11) is 0. The molecule has 2 rings (SSSR count). The van der Waals surface area contributed by atoms with Gasteiger partial charge in [0.1, 0.15) is 5.54 Å². The lowest BCUT2D eigenvalue weighted by Gasteiger charge is -2.34. The Labute approximate surface area is 136 Å². The smallest absolute Gasteiger partial charge is 0.323 e. The number of urea groups is 1. The second-order valence-corrected chi connectivity index (χ2v) is 6.50. The maximum atomic E-state index is 12.8. The molecule has 1 aliphatic carbocycles. The van der Waals surface area contributed by atoms with Crippen LogP contribution in [0.15, 0.2) is 0 Å². The summed E-state index contributed by atoms with van der Waals surface area (Å²) in [5, 5.41) is 20.3. The van der Waals surface area contributed by atoms with Gasteiger partial charge in [0.15, 0.2) is 0 Å². The summed E-state index contributed by atoms with van der Waals surface area (Å²) < 4.78 is 0. The third-order valence-corrected chi connectivity index (χ3v) is 4.79. The zero-order valence-corrected chi connectivity index (χ0v) is 13.5. The van der Waals surface area contributed by atoms with E-state index in [0.717, 1.165) is 12.8 Å². The maximum Gasteiger partial charge on any atom is 0.326 e. The lowest BCUT2D eigenvalue weighted by molar-refractivity contribution is -0.134. The zero-order chi connectivity index (χ0) is 16.9. The SMILES string of the molecule is CC1CCC2(CC1)NC(=O)N(CN(CCC#N)CCC#N)C2=O. The van der Waals surface area contributed by atoms with Crippen molar-refractivity contribution in [2.24, 2.45) is 5.92 Å². The van der Waals surface area contributed by atoms with Gasteiger partial charge in [-0.3, -0.25) is 9.69 Å². The molecule has 0 aromatic heterocycles. The minimum absolute atomic E-state index is 0.144. The van der Waals surface area contributed by atoms with Gasteiger partial charge in [0, 0.05) is 25.9 Å². The Morgan fingerprint density at radius 2 is 1.78 bits per heavy atom. The van der Waals surface area contributed by atoms with Crippen LogP contribution in [-0.2, 0) is 4.79 Å². The Balaban J connectivity index is 2.03. The Morgan fingerprint density at radius 3 is 2.30 bits per heavy atom. The number of carbonyl (C=O) groups excluding carboxylic acids is 2. The number of hydrogen-bond acceptors (Lipinski definition) is 5. The first kappa shape index (κ1) is 17.2. The highest BCUT2D eigenvalue weighted by atomic mass is 16.2. The fourth-order valence-electron chi connectivity index (χ4n) is 3.27. The van der Waals surface area contributed by atoms with E-state index in [-0.39, 0.29) is 18.6 Å². The number of amides is 3. The van der Waals surface area contributed by atoms with Crippen molar-refractivity contribution in [3.8, 4) is 12.1 Å². The van der Waals surface area contributed by atoms with Crippen LogP contribution in [0.2, 0.25) is 0 Å². The number of nitrogens with zero attached hydrogens (tertiary/aromatic N) is 4. The Hall–Kier alpha value is -2.12. The predicted octanol–water partition coefficient (Wildman–Crippen LogP) is 1.57. The molecule has 124 valence electrons. The Morgan fingerprint density at radius 1 is 1.22 bits per heavy atom. The molecular weight excluding hydrogens is 294 g/mol. The van der Waals surface area contributed by atoms with Gasteiger partial charge in [-0.25, -0.2) is 9.69 Å². The van der Waals surface area contributed by atoms with Gasteiger partial charge in [0.05, 0.1) is 18.8 Å². The van der Waals surface area contributed by atoms with E-state index in [1.165, 1.54) is 4.90 Å². The molecule has 0 bridgehead atoms. The highest BCUT2D eigenvalue weighted by molar-refractivity contribution is 6.07. The van der Waals surface area contributed by atoms with Crippen molar-refractivity contribution >= 4 is 11.9 Å². The van der Waals surface area contributed by atoms with Crippen LogP contribution in [0.3, 0.4) is 0 Å². The van der Waals surface area contributed by atoms with E-state index in [4.69, 9.17) is 10.5 Å². The number of nitriles is 2. The largest absolute Gasteiger partial charge is 0.326 e. The van der Waals surface area contributed by atoms with Crippen molar-refractivity contribution < 1.29 is 9.59 Å². The molecule has 0 atom stereocenters. The fraction of sp³-hybridized carbons (Fsp3) is 0.750. The van der Waals surface area contributed by atoms with Gasteiger partial charge in [-0.1, -0.05) is 6.92 Å². The monoisotopic (exact) mass is 317 g/mol. The molecule has 3 amide bonds. The van der Waals surface area contributed by atoms with E-state index in [2.05, 4.69) is 24.4 Å². The highest BCUT2D eigenvalue weighted by Crippen LogP contribution is 2.36. The summed E-state index contributed by atoms with van der Waals surface area (Å²) in [6.07, 6.45) is 3.85. The van der Waals surface area contributed by atoms with Crippen molar-refractivity contribution in [1.82, 2.24) is 15.1 Å². The van der Waals surface area contributed by atoms with Gasteiger partial charge in [-0.15, -0.1) is 0 Å². The Bertz CT molecular complexity index is 522. The summed E-state index contributed by atoms with van der Waals surface area (Å²) in [5.41, 5.74) is -0.736. The van der Waals surface area contributed by atoms with Crippen molar-refractivity contribution in [3.63, 3.8) is 0 Å². The van der Waals surface area contributed by atoms with E-state index in [0.29, 0.717) is 44.7 Å². The number of nitrogens with one attached hydrogen (secondary N) is 1. The molecule has 0 unspecified atom stereocenters. The first-order chi connectivity index (χ1) is 11.0. The number of hydrogen-bond donors (Lipinski definition) is 1. The van der Waals surface area contributed by atoms with Crippen LogP contribution in [0, 0.1) is 28.6 Å². The van der Waals surface area contributed by atoms with Gasteiger partial charge in [0.25, 0.3) is 5.91 Å². The van der Waals surface area contributed by atoms with Gasteiger partial charge in [0.2, 0.25) is 0 Å². The predicted molar refractivity (Wildman–Crippen MR) is 82.6 cm³/mol. The van der Waals surface area contributed by atoms with Crippen LogP contribution in [0.4, 0.5) is 4.79 Å². The summed E-state index contributed by atoms with van der Waals surface area (Å²) >= 11 is 0. The van der Waals surface area contributed by atoms with Gasteiger partial charge < -0.3 is 5.32 Å². The first-order valence-corrected chi connectivity index (χ1v) is 8.13. The third-order valence-electron chi connectivity index (χ3n) is 4.79. The van der Waals surface area contributed by atoms with Crippen LogP contribution in [0.25, 0.3) is 0 Å². The van der Waals surface area contributed by atoms with E-state index in [1.807, 2.05) is 4.90 Å². The molecule has 0 aromatic rings. The van der Waals surface area contributed by atoms with Gasteiger partial charge in [-0.2, -0.15) is 10.5 Å². The van der Waals surface area contributed by atoms with E-state index in [1.54, 1.807) is 0 Å². The summed E-state index contributed by atoms with van der Waals surface area (Å²) in [5.74, 6) is 0.426. The molecule has 1 N–H and O–H groups in total. The summed E-state index contributed by atoms with van der Waals surface area (Å²) in [6, 6.07) is 3.75.